The molecule has 0 fully saturated rings. The Hall–Kier alpha value is -2.66. The van der Waals surface area contributed by atoms with Crippen LogP contribution in [0.3, 0.4) is 0 Å². The molecule has 0 unspecified atom stereocenters. The zero-order valence-corrected chi connectivity index (χ0v) is 16.3. The molecule has 0 bridgehead atoms. The van der Waals surface area contributed by atoms with E-state index < -0.39 is 0 Å². The third kappa shape index (κ3) is 3.74. The van der Waals surface area contributed by atoms with Crippen molar-refractivity contribution >= 4 is 29.0 Å². The third-order valence-electron chi connectivity index (χ3n) is 4.66. The number of rotatable bonds is 3. The van der Waals surface area contributed by atoms with Gasteiger partial charge in [0.2, 0.25) is 5.91 Å². The molecular formula is C22H21N3OS. The molecular weight excluding hydrogens is 354 g/mol. The number of anilines is 2. The van der Waals surface area contributed by atoms with Crippen LogP contribution in [0.1, 0.15) is 22.6 Å². The zero-order valence-electron chi connectivity index (χ0n) is 15.5. The molecule has 1 aliphatic rings. The van der Waals surface area contributed by atoms with Crippen molar-refractivity contribution in [3.8, 4) is 0 Å². The Morgan fingerprint density at radius 3 is 2.15 bits per heavy atom. The fourth-order valence-electron chi connectivity index (χ4n) is 3.51. The van der Waals surface area contributed by atoms with Gasteiger partial charge in [0.15, 0.2) is 0 Å². The van der Waals surface area contributed by atoms with Gasteiger partial charge in [0.25, 0.3) is 0 Å². The van der Waals surface area contributed by atoms with Crippen molar-refractivity contribution in [2.45, 2.75) is 31.7 Å². The van der Waals surface area contributed by atoms with E-state index in [1.165, 1.54) is 22.9 Å². The van der Waals surface area contributed by atoms with E-state index in [1.54, 1.807) is 0 Å². The van der Waals surface area contributed by atoms with Crippen molar-refractivity contribution in [2.24, 2.45) is 0 Å². The van der Waals surface area contributed by atoms with E-state index in [4.69, 9.17) is 0 Å². The lowest BCUT2D eigenvalue weighted by Gasteiger charge is -2.25. The second-order valence-electron chi connectivity index (χ2n) is 6.67. The van der Waals surface area contributed by atoms with Crippen LogP contribution in [0.2, 0.25) is 0 Å². The number of thioether (sulfide) groups is 1. The first-order chi connectivity index (χ1) is 13.1. The van der Waals surface area contributed by atoms with Crippen LogP contribution < -0.4 is 4.90 Å². The van der Waals surface area contributed by atoms with E-state index in [1.807, 2.05) is 61.2 Å². The molecule has 1 aliphatic heterocycles. The quantitative estimate of drug-likeness (QED) is 0.494. The predicted molar refractivity (Wildman–Crippen MR) is 110 cm³/mol. The number of aryl methyl sites for hydroxylation is 4. The zero-order chi connectivity index (χ0) is 18.8. The number of para-hydroxylation sites is 2. The molecule has 136 valence electrons. The Balaban J connectivity index is 1.66. The normalized spacial score (nSPS) is 12.9. The van der Waals surface area contributed by atoms with E-state index in [9.17, 15) is 4.79 Å². The molecule has 3 aromatic rings. The second-order valence-corrected chi connectivity index (χ2v) is 7.67. The highest BCUT2D eigenvalue weighted by Crippen LogP contribution is 2.36. The van der Waals surface area contributed by atoms with Gasteiger partial charge >= 0.3 is 0 Å². The average molecular weight is 375 g/mol. The summed E-state index contributed by atoms with van der Waals surface area (Å²) in [7, 11) is 0. The SMILES string of the molecule is Cc1cc(SCC(=O)N2c3ccccc3CCc3ccccc32)nc(C)n1. The van der Waals surface area contributed by atoms with Crippen molar-refractivity contribution in [1.29, 1.82) is 0 Å². The van der Waals surface area contributed by atoms with Gasteiger partial charge in [0, 0.05) is 5.69 Å². The maximum atomic E-state index is 13.3. The van der Waals surface area contributed by atoms with Gasteiger partial charge in [-0.2, -0.15) is 0 Å². The number of benzene rings is 2. The fraction of sp³-hybridized carbons (Fsp3) is 0.227. The van der Waals surface area contributed by atoms with Crippen LogP contribution in [0.4, 0.5) is 11.4 Å². The summed E-state index contributed by atoms with van der Waals surface area (Å²) in [5.41, 5.74) is 5.32. The summed E-state index contributed by atoms with van der Waals surface area (Å²) >= 11 is 1.46. The summed E-state index contributed by atoms with van der Waals surface area (Å²) in [4.78, 5) is 23.9. The Labute approximate surface area is 163 Å². The predicted octanol–water partition coefficient (Wildman–Crippen LogP) is 4.65. The number of amides is 1. The first-order valence-corrected chi connectivity index (χ1v) is 10.0. The molecule has 0 N–H and O–H groups in total. The molecule has 4 nitrogen and oxygen atoms in total. The minimum absolute atomic E-state index is 0.0655. The number of carbonyl (C=O) groups is 1. The highest BCUT2D eigenvalue weighted by Gasteiger charge is 2.25. The minimum atomic E-state index is 0.0655. The van der Waals surface area contributed by atoms with E-state index in [0.29, 0.717) is 5.75 Å². The molecule has 0 saturated heterocycles. The van der Waals surface area contributed by atoms with Crippen molar-refractivity contribution < 1.29 is 4.79 Å². The third-order valence-corrected chi connectivity index (χ3v) is 5.56. The van der Waals surface area contributed by atoms with Crippen LogP contribution in [0.25, 0.3) is 0 Å². The van der Waals surface area contributed by atoms with Crippen LogP contribution in [-0.4, -0.2) is 21.6 Å². The molecule has 4 rings (SSSR count). The first-order valence-electron chi connectivity index (χ1n) is 9.05. The Morgan fingerprint density at radius 2 is 1.56 bits per heavy atom. The summed E-state index contributed by atoms with van der Waals surface area (Å²) in [6, 6.07) is 18.3. The molecule has 27 heavy (non-hydrogen) atoms. The van der Waals surface area contributed by atoms with Crippen molar-refractivity contribution in [3.63, 3.8) is 0 Å². The largest absolute Gasteiger partial charge is 0.280 e. The fourth-order valence-corrected chi connectivity index (χ4v) is 4.36. The number of hydrogen-bond donors (Lipinski definition) is 0. The standard InChI is InChI=1S/C22H21N3OS/c1-15-13-21(24-16(2)23-15)27-14-22(26)25-19-9-5-3-7-17(19)11-12-18-8-4-6-10-20(18)25/h3-10,13H,11-12,14H2,1-2H3. The van der Waals surface area contributed by atoms with E-state index >= 15 is 0 Å². The molecule has 5 heteroatoms. The van der Waals surface area contributed by atoms with E-state index in [0.717, 1.165) is 40.8 Å². The van der Waals surface area contributed by atoms with Gasteiger partial charge < -0.3 is 0 Å². The van der Waals surface area contributed by atoms with Gasteiger partial charge in [-0.3, -0.25) is 9.69 Å². The molecule has 2 heterocycles. The maximum absolute atomic E-state index is 13.3. The van der Waals surface area contributed by atoms with Crippen LogP contribution in [0, 0.1) is 13.8 Å². The monoisotopic (exact) mass is 375 g/mol. The molecule has 1 amide bonds. The van der Waals surface area contributed by atoms with E-state index in [2.05, 4.69) is 22.1 Å². The Kier molecular flexibility index (Phi) is 4.94. The Morgan fingerprint density at radius 1 is 0.963 bits per heavy atom. The number of hydrogen-bond acceptors (Lipinski definition) is 4. The van der Waals surface area contributed by atoms with Gasteiger partial charge in [0.05, 0.1) is 17.1 Å². The summed E-state index contributed by atoms with van der Waals surface area (Å²) in [5.74, 6) is 1.13. The van der Waals surface area contributed by atoms with E-state index in [-0.39, 0.29) is 5.91 Å². The number of fused-ring (bicyclic) bond motifs is 2. The van der Waals surface area contributed by atoms with Crippen LogP contribution in [0.15, 0.2) is 59.6 Å². The maximum Gasteiger partial charge on any atom is 0.241 e. The topological polar surface area (TPSA) is 46.1 Å². The summed E-state index contributed by atoms with van der Waals surface area (Å²) in [6.45, 7) is 3.82. The highest BCUT2D eigenvalue weighted by molar-refractivity contribution is 7.99. The van der Waals surface area contributed by atoms with Crippen molar-refractivity contribution in [3.05, 3.63) is 77.2 Å². The van der Waals surface area contributed by atoms with Gasteiger partial charge in [-0.1, -0.05) is 48.2 Å². The number of nitrogens with zero attached hydrogens (tertiary/aromatic N) is 3. The highest BCUT2D eigenvalue weighted by atomic mass is 32.2. The van der Waals surface area contributed by atoms with Gasteiger partial charge in [-0.05, 0) is 56.0 Å². The molecule has 0 aliphatic carbocycles. The minimum Gasteiger partial charge on any atom is -0.280 e. The summed E-state index contributed by atoms with van der Waals surface area (Å²) < 4.78 is 0. The number of carbonyl (C=O) groups excluding carboxylic acids is 1. The lowest BCUT2D eigenvalue weighted by Crippen LogP contribution is -2.28. The van der Waals surface area contributed by atoms with Gasteiger partial charge in [-0.25, -0.2) is 9.97 Å². The second kappa shape index (κ2) is 7.53. The van der Waals surface area contributed by atoms with Crippen LogP contribution >= 0.6 is 11.8 Å². The number of aromatic nitrogens is 2. The Bertz CT molecular complexity index is 935. The van der Waals surface area contributed by atoms with Gasteiger partial charge in [0.1, 0.15) is 10.9 Å². The summed E-state index contributed by atoms with van der Waals surface area (Å²) in [5, 5.41) is 0.838. The molecule has 0 saturated carbocycles. The van der Waals surface area contributed by atoms with Crippen molar-refractivity contribution in [2.75, 3.05) is 10.7 Å². The smallest absolute Gasteiger partial charge is 0.241 e. The molecule has 0 spiro atoms. The molecule has 0 atom stereocenters. The average Bonchev–Trinajstić information content (AvgIpc) is 2.82. The lowest BCUT2D eigenvalue weighted by atomic mass is 10.0. The van der Waals surface area contributed by atoms with Crippen LogP contribution in [-0.2, 0) is 17.6 Å². The van der Waals surface area contributed by atoms with Gasteiger partial charge in [-0.15, -0.1) is 0 Å². The summed E-state index contributed by atoms with van der Waals surface area (Å²) in [6.07, 6.45) is 1.88. The first kappa shape index (κ1) is 17.7. The van der Waals surface area contributed by atoms with Crippen LogP contribution in [0.5, 0.6) is 0 Å². The molecule has 1 aromatic heterocycles. The molecule has 0 radical (unpaired) electrons. The molecule has 2 aromatic carbocycles. The van der Waals surface area contributed by atoms with Crippen molar-refractivity contribution in [1.82, 2.24) is 9.97 Å². The lowest BCUT2D eigenvalue weighted by molar-refractivity contribution is -0.115.